The summed E-state index contributed by atoms with van der Waals surface area (Å²) in [6.45, 7) is 0.983. The van der Waals surface area contributed by atoms with E-state index in [-0.39, 0.29) is 11.5 Å². The van der Waals surface area contributed by atoms with Crippen LogP contribution in [0.4, 0.5) is 0 Å². The summed E-state index contributed by atoms with van der Waals surface area (Å²) in [4.78, 5) is 32.4. The van der Waals surface area contributed by atoms with Crippen molar-refractivity contribution in [2.45, 2.75) is 6.92 Å². The number of hydrogen-bond donors (Lipinski definition) is 2. The molecule has 18 heavy (non-hydrogen) atoms. The number of phenolic OH excluding ortho intramolecular Hbond substituents is 2. The van der Waals surface area contributed by atoms with Gasteiger partial charge in [0.05, 0.1) is 0 Å². The summed E-state index contributed by atoms with van der Waals surface area (Å²) in [6.07, 6.45) is 2.18. The van der Waals surface area contributed by atoms with Crippen LogP contribution in [0.1, 0.15) is 12.5 Å². The maximum absolute atomic E-state index is 11.1. The molecular weight excluding hydrogens is 240 g/mol. The molecule has 94 valence electrons. The third-order valence-corrected chi connectivity index (χ3v) is 1.89. The number of carbonyl (C=O) groups excluding carboxylic acids is 3. The first-order valence-electron chi connectivity index (χ1n) is 4.87. The van der Waals surface area contributed by atoms with E-state index < -0.39 is 17.7 Å². The Labute approximate surface area is 102 Å². The number of ether oxygens (including phenoxy) is 1. The van der Waals surface area contributed by atoms with Crippen molar-refractivity contribution in [1.29, 1.82) is 0 Å². The minimum absolute atomic E-state index is 0.290. The summed E-state index contributed by atoms with van der Waals surface area (Å²) < 4.78 is 4.16. The Morgan fingerprint density at radius 2 is 1.83 bits per heavy atom. The van der Waals surface area contributed by atoms with Gasteiger partial charge in [-0.3, -0.25) is 4.79 Å². The lowest BCUT2D eigenvalue weighted by atomic mass is 10.2. The van der Waals surface area contributed by atoms with Crippen molar-refractivity contribution in [2.24, 2.45) is 0 Å². The molecule has 0 aliphatic rings. The quantitative estimate of drug-likeness (QED) is 0.270. The van der Waals surface area contributed by atoms with Gasteiger partial charge in [-0.25, -0.2) is 9.59 Å². The number of esters is 2. The van der Waals surface area contributed by atoms with Gasteiger partial charge in [-0.2, -0.15) is 0 Å². The second-order valence-corrected chi connectivity index (χ2v) is 3.35. The first kappa shape index (κ1) is 13.4. The molecule has 0 atom stereocenters. The third kappa shape index (κ3) is 3.75. The molecule has 0 aromatic heterocycles. The Morgan fingerprint density at radius 1 is 1.17 bits per heavy atom. The highest BCUT2D eigenvalue weighted by atomic mass is 16.6. The monoisotopic (exact) mass is 250 g/mol. The molecule has 2 N–H and O–H groups in total. The van der Waals surface area contributed by atoms with Gasteiger partial charge in [0.2, 0.25) is 5.78 Å². The molecule has 0 fully saturated rings. The summed E-state index contributed by atoms with van der Waals surface area (Å²) >= 11 is 0. The molecule has 0 spiro atoms. The fraction of sp³-hybridized carbons (Fsp3) is 0.0833. The smallest absolute Gasteiger partial charge is 0.382 e. The standard InChI is InChI=1S/C12H10O6/c1-7(13)12(17)18-11(16)5-3-8-2-4-9(14)10(15)6-8/h2-6,14-15H,1H3/b5-3+. The molecule has 1 aromatic carbocycles. The number of phenols is 2. The van der Waals surface area contributed by atoms with E-state index in [2.05, 4.69) is 4.74 Å². The van der Waals surface area contributed by atoms with Crippen molar-refractivity contribution in [3.8, 4) is 11.5 Å². The number of Topliss-reactive ketones (excluding diaryl/α,β-unsaturated/α-hetero) is 1. The number of hydrogen-bond acceptors (Lipinski definition) is 6. The highest BCUT2D eigenvalue weighted by molar-refractivity contribution is 6.34. The molecule has 0 unspecified atom stereocenters. The molecule has 0 bridgehead atoms. The van der Waals surface area contributed by atoms with Gasteiger partial charge in [-0.1, -0.05) is 6.07 Å². The Balaban J connectivity index is 2.69. The van der Waals surface area contributed by atoms with Crippen LogP contribution in [0.2, 0.25) is 0 Å². The predicted octanol–water partition coefficient (Wildman–Crippen LogP) is 0.770. The Morgan fingerprint density at radius 3 is 2.39 bits per heavy atom. The first-order valence-corrected chi connectivity index (χ1v) is 4.87. The lowest BCUT2D eigenvalue weighted by Gasteiger charge is -1.98. The van der Waals surface area contributed by atoms with Crippen LogP contribution in [0, 0.1) is 0 Å². The average Bonchev–Trinajstić information content (AvgIpc) is 2.30. The van der Waals surface area contributed by atoms with Crippen molar-refractivity contribution in [3.05, 3.63) is 29.8 Å². The highest BCUT2D eigenvalue weighted by Crippen LogP contribution is 2.25. The van der Waals surface area contributed by atoms with E-state index in [0.717, 1.165) is 13.0 Å². The predicted molar refractivity (Wildman–Crippen MR) is 60.6 cm³/mol. The second-order valence-electron chi connectivity index (χ2n) is 3.35. The average molecular weight is 250 g/mol. The number of aromatic hydroxyl groups is 2. The Hall–Kier alpha value is -2.63. The van der Waals surface area contributed by atoms with Crippen molar-refractivity contribution in [2.75, 3.05) is 0 Å². The maximum Gasteiger partial charge on any atom is 0.382 e. The molecule has 1 aromatic rings. The zero-order valence-electron chi connectivity index (χ0n) is 9.41. The second kappa shape index (κ2) is 5.62. The number of rotatable bonds is 3. The van der Waals surface area contributed by atoms with E-state index in [1.165, 1.54) is 24.3 Å². The molecular formula is C12H10O6. The molecule has 0 saturated heterocycles. The van der Waals surface area contributed by atoms with Crippen LogP contribution in [0.5, 0.6) is 11.5 Å². The summed E-state index contributed by atoms with van der Waals surface area (Å²) in [5, 5.41) is 18.2. The van der Waals surface area contributed by atoms with Gasteiger partial charge in [-0.15, -0.1) is 0 Å². The van der Waals surface area contributed by atoms with Crippen LogP contribution in [0.25, 0.3) is 6.08 Å². The molecule has 0 heterocycles. The third-order valence-electron chi connectivity index (χ3n) is 1.89. The maximum atomic E-state index is 11.1. The van der Waals surface area contributed by atoms with Gasteiger partial charge in [0.15, 0.2) is 11.5 Å². The van der Waals surface area contributed by atoms with E-state index in [1.54, 1.807) is 0 Å². The van der Waals surface area contributed by atoms with Crippen LogP contribution >= 0.6 is 0 Å². The Kier molecular flexibility index (Phi) is 4.20. The molecule has 0 amide bonds. The van der Waals surface area contributed by atoms with Crippen molar-refractivity contribution < 1.29 is 29.3 Å². The van der Waals surface area contributed by atoms with Crippen molar-refractivity contribution in [3.63, 3.8) is 0 Å². The van der Waals surface area contributed by atoms with Crippen molar-refractivity contribution >= 4 is 23.8 Å². The van der Waals surface area contributed by atoms with Crippen LogP contribution < -0.4 is 0 Å². The van der Waals surface area contributed by atoms with E-state index in [1.807, 2.05) is 0 Å². The lowest BCUT2D eigenvalue weighted by molar-refractivity contribution is -0.161. The summed E-state index contributed by atoms with van der Waals surface area (Å²) in [6, 6.07) is 3.89. The van der Waals surface area contributed by atoms with Gasteiger partial charge in [0.1, 0.15) is 0 Å². The van der Waals surface area contributed by atoms with Gasteiger partial charge >= 0.3 is 11.9 Å². The zero-order chi connectivity index (χ0) is 13.7. The minimum atomic E-state index is -1.24. The SMILES string of the molecule is CC(=O)C(=O)OC(=O)/C=C/c1ccc(O)c(O)c1. The molecule has 6 nitrogen and oxygen atoms in total. The largest absolute Gasteiger partial charge is 0.504 e. The lowest BCUT2D eigenvalue weighted by Crippen LogP contribution is -2.17. The number of ketones is 1. The highest BCUT2D eigenvalue weighted by Gasteiger charge is 2.12. The topological polar surface area (TPSA) is 101 Å². The van der Waals surface area contributed by atoms with E-state index in [9.17, 15) is 19.5 Å². The molecule has 0 radical (unpaired) electrons. The van der Waals surface area contributed by atoms with Gasteiger partial charge in [0, 0.05) is 13.0 Å². The molecule has 6 heteroatoms. The van der Waals surface area contributed by atoms with Crippen LogP contribution in [-0.4, -0.2) is 27.9 Å². The number of carbonyl (C=O) groups is 3. The van der Waals surface area contributed by atoms with Crippen molar-refractivity contribution in [1.82, 2.24) is 0 Å². The van der Waals surface area contributed by atoms with E-state index in [4.69, 9.17) is 5.11 Å². The van der Waals surface area contributed by atoms with Gasteiger partial charge < -0.3 is 14.9 Å². The number of benzene rings is 1. The van der Waals surface area contributed by atoms with Crippen LogP contribution in [0.3, 0.4) is 0 Å². The van der Waals surface area contributed by atoms with Gasteiger partial charge in [0.25, 0.3) is 0 Å². The first-order chi connectivity index (χ1) is 8.40. The van der Waals surface area contributed by atoms with Crippen LogP contribution in [0.15, 0.2) is 24.3 Å². The normalized spacial score (nSPS) is 10.3. The fourth-order valence-corrected chi connectivity index (χ4v) is 1.01. The van der Waals surface area contributed by atoms with Crippen LogP contribution in [-0.2, 0) is 19.1 Å². The fourth-order valence-electron chi connectivity index (χ4n) is 1.01. The van der Waals surface area contributed by atoms with Gasteiger partial charge in [-0.05, 0) is 23.8 Å². The molecule has 0 saturated carbocycles. The summed E-state index contributed by atoms with van der Waals surface area (Å²) in [7, 11) is 0. The summed E-state index contributed by atoms with van der Waals surface area (Å²) in [5.41, 5.74) is 0.414. The Bertz CT molecular complexity index is 529. The molecule has 0 aliphatic heterocycles. The minimum Gasteiger partial charge on any atom is -0.504 e. The zero-order valence-corrected chi connectivity index (χ0v) is 9.41. The molecule has 0 aliphatic carbocycles. The molecule has 1 rings (SSSR count). The summed E-state index contributed by atoms with van der Waals surface area (Å²) in [5.74, 6) is -3.74. The van der Waals surface area contributed by atoms with E-state index >= 15 is 0 Å². The van der Waals surface area contributed by atoms with E-state index in [0.29, 0.717) is 5.56 Å².